The van der Waals surface area contributed by atoms with Gasteiger partial charge in [-0.3, -0.25) is 5.43 Å². The highest BCUT2D eigenvalue weighted by Gasteiger charge is 2.14. The third kappa shape index (κ3) is 3.68. The van der Waals surface area contributed by atoms with Gasteiger partial charge in [0.2, 0.25) is 5.75 Å². The van der Waals surface area contributed by atoms with Crippen LogP contribution in [0, 0.1) is 11.6 Å². The molecule has 122 valence electrons. The first kappa shape index (κ1) is 16.5. The Morgan fingerprint density at radius 3 is 2.30 bits per heavy atom. The van der Waals surface area contributed by atoms with Crippen molar-refractivity contribution < 1.29 is 23.0 Å². The average Bonchev–Trinajstić information content (AvgIpc) is 2.55. The van der Waals surface area contributed by atoms with E-state index in [-0.39, 0.29) is 5.69 Å². The summed E-state index contributed by atoms with van der Waals surface area (Å²) in [6, 6.07) is 6.58. The van der Waals surface area contributed by atoms with Crippen LogP contribution >= 0.6 is 0 Å². The number of anilines is 1. The molecule has 2 aromatic rings. The van der Waals surface area contributed by atoms with Gasteiger partial charge in [0.1, 0.15) is 5.82 Å². The summed E-state index contributed by atoms with van der Waals surface area (Å²) in [5.41, 5.74) is 3.16. The monoisotopic (exact) mass is 322 g/mol. The Morgan fingerprint density at radius 2 is 1.70 bits per heavy atom. The molecular formula is C16H16F2N2O3. The van der Waals surface area contributed by atoms with Crippen LogP contribution in [0.2, 0.25) is 0 Å². The smallest absolute Gasteiger partial charge is 0.203 e. The molecule has 0 saturated heterocycles. The third-order valence-electron chi connectivity index (χ3n) is 3.05. The van der Waals surface area contributed by atoms with E-state index in [0.717, 1.165) is 12.1 Å². The second-order valence-electron chi connectivity index (χ2n) is 4.42. The molecule has 0 spiro atoms. The molecule has 0 aliphatic heterocycles. The number of halogens is 2. The molecule has 7 heteroatoms. The summed E-state index contributed by atoms with van der Waals surface area (Å²) < 4.78 is 42.1. The van der Waals surface area contributed by atoms with E-state index in [1.807, 2.05) is 0 Å². The fourth-order valence-corrected chi connectivity index (χ4v) is 1.98. The zero-order valence-corrected chi connectivity index (χ0v) is 12.9. The molecule has 0 radical (unpaired) electrons. The standard InChI is InChI=1S/C16H16F2N2O3/c1-21-14-7-4-10(15(22-2)16(14)23-3)9-19-20-13-6-5-11(17)8-12(13)18/h4-9,20H,1-3H3/b19-9+. The van der Waals surface area contributed by atoms with E-state index < -0.39 is 11.6 Å². The van der Waals surface area contributed by atoms with Gasteiger partial charge in [-0.25, -0.2) is 8.78 Å². The molecular weight excluding hydrogens is 306 g/mol. The number of hydrazone groups is 1. The van der Waals surface area contributed by atoms with E-state index >= 15 is 0 Å². The SMILES string of the molecule is COc1ccc(/C=N/Nc2ccc(F)cc2F)c(OC)c1OC. The minimum Gasteiger partial charge on any atom is -0.493 e. The van der Waals surface area contributed by atoms with E-state index in [1.165, 1.54) is 33.6 Å². The lowest BCUT2D eigenvalue weighted by molar-refractivity contribution is 0.324. The van der Waals surface area contributed by atoms with Gasteiger partial charge < -0.3 is 14.2 Å². The van der Waals surface area contributed by atoms with E-state index in [0.29, 0.717) is 22.8 Å². The van der Waals surface area contributed by atoms with E-state index in [1.54, 1.807) is 12.1 Å². The van der Waals surface area contributed by atoms with E-state index in [9.17, 15) is 8.78 Å². The van der Waals surface area contributed by atoms with Crippen molar-refractivity contribution >= 4 is 11.9 Å². The molecule has 0 amide bonds. The number of hydrogen-bond donors (Lipinski definition) is 1. The summed E-state index contributed by atoms with van der Waals surface area (Å²) in [5, 5.41) is 3.93. The number of nitrogens with one attached hydrogen (secondary N) is 1. The molecule has 0 aliphatic rings. The molecule has 23 heavy (non-hydrogen) atoms. The summed E-state index contributed by atoms with van der Waals surface area (Å²) in [6.45, 7) is 0. The van der Waals surface area contributed by atoms with Gasteiger partial charge in [-0.05, 0) is 24.3 Å². The number of ether oxygens (including phenoxy) is 3. The van der Waals surface area contributed by atoms with Crippen molar-refractivity contribution in [1.29, 1.82) is 0 Å². The van der Waals surface area contributed by atoms with Crippen molar-refractivity contribution in [1.82, 2.24) is 0 Å². The molecule has 2 aromatic carbocycles. The summed E-state index contributed by atoms with van der Waals surface area (Å²) >= 11 is 0. The van der Waals surface area contributed by atoms with Gasteiger partial charge in [0.05, 0.1) is 33.2 Å². The molecule has 0 heterocycles. The maximum absolute atomic E-state index is 13.5. The third-order valence-corrected chi connectivity index (χ3v) is 3.05. The minimum atomic E-state index is -0.735. The Bertz CT molecular complexity index is 721. The number of nitrogens with zero attached hydrogens (tertiary/aromatic N) is 1. The second-order valence-corrected chi connectivity index (χ2v) is 4.42. The lowest BCUT2D eigenvalue weighted by Crippen LogP contribution is -2.00. The maximum atomic E-state index is 13.5. The van der Waals surface area contributed by atoms with Crippen LogP contribution in [0.25, 0.3) is 0 Å². The van der Waals surface area contributed by atoms with Crippen molar-refractivity contribution in [3.8, 4) is 17.2 Å². The van der Waals surface area contributed by atoms with Crippen molar-refractivity contribution in [2.45, 2.75) is 0 Å². The van der Waals surface area contributed by atoms with Crippen LogP contribution in [-0.2, 0) is 0 Å². The lowest BCUT2D eigenvalue weighted by atomic mass is 10.2. The molecule has 0 bridgehead atoms. The number of methoxy groups -OCH3 is 3. The quantitative estimate of drug-likeness (QED) is 0.654. The molecule has 0 aromatic heterocycles. The molecule has 5 nitrogen and oxygen atoms in total. The molecule has 0 atom stereocenters. The molecule has 1 N–H and O–H groups in total. The number of rotatable bonds is 6. The topological polar surface area (TPSA) is 52.1 Å². The summed E-state index contributed by atoms with van der Waals surface area (Å²) in [7, 11) is 4.50. The zero-order chi connectivity index (χ0) is 16.8. The lowest BCUT2D eigenvalue weighted by Gasteiger charge is -2.13. The predicted molar refractivity (Wildman–Crippen MR) is 83.7 cm³/mol. The Balaban J connectivity index is 2.25. The normalized spacial score (nSPS) is 10.7. The van der Waals surface area contributed by atoms with Crippen LogP contribution in [0.4, 0.5) is 14.5 Å². The van der Waals surface area contributed by atoms with Crippen LogP contribution < -0.4 is 19.6 Å². The summed E-state index contributed by atoms with van der Waals surface area (Å²) in [4.78, 5) is 0. The second kappa shape index (κ2) is 7.44. The van der Waals surface area contributed by atoms with Crippen molar-refractivity contribution in [3.05, 3.63) is 47.5 Å². The van der Waals surface area contributed by atoms with Crippen molar-refractivity contribution in [3.63, 3.8) is 0 Å². The molecule has 0 fully saturated rings. The predicted octanol–water partition coefficient (Wildman–Crippen LogP) is 3.44. The fourth-order valence-electron chi connectivity index (χ4n) is 1.98. The van der Waals surface area contributed by atoms with E-state index in [2.05, 4.69) is 10.5 Å². The van der Waals surface area contributed by atoms with Crippen LogP contribution in [0.1, 0.15) is 5.56 Å². The molecule has 0 saturated carbocycles. The Hall–Kier alpha value is -2.83. The molecule has 0 aliphatic carbocycles. The van der Waals surface area contributed by atoms with Crippen LogP contribution in [0.5, 0.6) is 17.2 Å². The fraction of sp³-hybridized carbons (Fsp3) is 0.188. The van der Waals surface area contributed by atoms with Gasteiger partial charge in [0.25, 0.3) is 0 Å². The number of hydrogen-bond acceptors (Lipinski definition) is 5. The molecule has 2 rings (SSSR count). The first-order valence-corrected chi connectivity index (χ1v) is 6.63. The van der Waals surface area contributed by atoms with Crippen molar-refractivity contribution in [2.24, 2.45) is 5.10 Å². The summed E-state index contributed by atoms with van der Waals surface area (Å²) in [5.74, 6) is -0.0251. The Labute approximate surface area is 132 Å². The van der Waals surface area contributed by atoms with Gasteiger partial charge in [0.15, 0.2) is 17.3 Å². The highest BCUT2D eigenvalue weighted by Crippen LogP contribution is 2.38. The van der Waals surface area contributed by atoms with Crippen molar-refractivity contribution in [2.75, 3.05) is 26.8 Å². The average molecular weight is 322 g/mol. The highest BCUT2D eigenvalue weighted by atomic mass is 19.1. The minimum absolute atomic E-state index is 0.0575. The zero-order valence-electron chi connectivity index (χ0n) is 12.9. The maximum Gasteiger partial charge on any atom is 0.203 e. The Morgan fingerprint density at radius 1 is 0.957 bits per heavy atom. The van der Waals surface area contributed by atoms with Gasteiger partial charge in [-0.15, -0.1) is 0 Å². The van der Waals surface area contributed by atoms with Crippen LogP contribution in [0.15, 0.2) is 35.4 Å². The Kier molecular flexibility index (Phi) is 5.35. The van der Waals surface area contributed by atoms with Gasteiger partial charge in [-0.2, -0.15) is 5.10 Å². The summed E-state index contributed by atoms with van der Waals surface area (Å²) in [6.07, 6.45) is 1.43. The van der Waals surface area contributed by atoms with Gasteiger partial charge in [-0.1, -0.05) is 0 Å². The van der Waals surface area contributed by atoms with Crippen LogP contribution in [0.3, 0.4) is 0 Å². The van der Waals surface area contributed by atoms with E-state index in [4.69, 9.17) is 14.2 Å². The highest BCUT2D eigenvalue weighted by molar-refractivity contribution is 5.86. The largest absolute Gasteiger partial charge is 0.493 e. The number of benzene rings is 2. The first-order chi connectivity index (χ1) is 11.1. The molecule has 0 unspecified atom stereocenters. The van der Waals surface area contributed by atoms with Crippen LogP contribution in [-0.4, -0.2) is 27.5 Å². The first-order valence-electron chi connectivity index (χ1n) is 6.63. The van der Waals surface area contributed by atoms with Gasteiger partial charge in [0, 0.05) is 11.6 Å². The van der Waals surface area contributed by atoms with Gasteiger partial charge >= 0.3 is 0 Å².